The molecule has 0 saturated heterocycles. The van der Waals surface area contributed by atoms with E-state index in [1.165, 1.54) is 11.1 Å². The third-order valence-corrected chi connectivity index (χ3v) is 1.72. The summed E-state index contributed by atoms with van der Waals surface area (Å²) in [4.78, 5) is 0. The molecule has 0 aromatic heterocycles. The molecule has 1 aromatic rings. The Morgan fingerprint density at radius 2 is 1.67 bits per heavy atom. The van der Waals surface area contributed by atoms with Gasteiger partial charge in [-0.25, -0.2) is 0 Å². The van der Waals surface area contributed by atoms with E-state index in [0.717, 1.165) is 6.42 Å². The van der Waals surface area contributed by atoms with Gasteiger partial charge in [0, 0.05) is 6.54 Å². The molecule has 1 aromatic carbocycles. The first-order valence-corrected chi connectivity index (χ1v) is 3.65. The van der Waals surface area contributed by atoms with E-state index < -0.39 is 0 Å². The fraction of sp³-hybridized carbons (Fsp3) is 0.333. The Balaban J connectivity index is 0. The first-order chi connectivity index (χ1) is 4.88. The molecular formula is C9H17AlLiN. The van der Waals surface area contributed by atoms with Crippen LogP contribution in [0.3, 0.4) is 0 Å². The number of nitrogens with two attached hydrogens (primary N) is 1. The van der Waals surface area contributed by atoms with Crippen molar-refractivity contribution in [2.24, 2.45) is 5.73 Å². The van der Waals surface area contributed by atoms with Crippen LogP contribution in [0.1, 0.15) is 18.1 Å². The van der Waals surface area contributed by atoms with E-state index in [0.29, 0.717) is 6.54 Å². The summed E-state index contributed by atoms with van der Waals surface area (Å²) in [6.07, 6.45) is 1.08. The van der Waals surface area contributed by atoms with Gasteiger partial charge in [0.1, 0.15) is 0 Å². The Labute approximate surface area is 97.0 Å². The predicted molar refractivity (Wildman–Crippen MR) is 60.8 cm³/mol. The van der Waals surface area contributed by atoms with Gasteiger partial charge in [-0.1, -0.05) is 31.2 Å². The zero-order valence-electron chi connectivity index (χ0n) is 6.30. The monoisotopic (exact) mass is 173 g/mol. The third-order valence-electron chi connectivity index (χ3n) is 1.72. The van der Waals surface area contributed by atoms with Crippen molar-refractivity contribution in [2.45, 2.75) is 19.9 Å². The van der Waals surface area contributed by atoms with Crippen LogP contribution in [0.5, 0.6) is 0 Å². The van der Waals surface area contributed by atoms with E-state index in [2.05, 4.69) is 25.1 Å². The Morgan fingerprint density at radius 1 is 1.17 bits per heavy atom. The summed E-state index contributed by atoms with van der Waals surface area (Å²) in [5.74, 6) is 0. The van der Waals surface area contributed by atoms with Crippen molar-refractivity contribution in [3.8, 4) is 0 Å². The van der Waals surface area contributed by atoms with Crippen LogP contribution >= 0.6 is 0 Å². The van der Waals surface area contributed by atoms with Crippen molar-refractivity contribution in [2.75, 3.05) is 0 Å². The van der Waals surface area contributed by atoms with Crippen molar-refractivity contribution >= 4 is 36.2 Å². The van der Waals surface area contributed by atoms with Crippen molar-refractivity contribution < 1.29 is 0 Å². The molecule has 0 fully saturated rings. The summed E-state index contributed by atoms with van der Waals surface area (Å²) in [6, 6.07) is 8.29. The molecule has 2 N–H and O–H groups in total. The van der Waals surface area contributed by atoms with Crippen LogP contribution in [0.4, 0.5) is 0 Å². The Morgan fingerprint density at radius 3 is 2.00 bits per heavy atom. The average Bonchev–Trinajstić information content (AvgIpc) is 2.04. The molecule has 12 heavy (non-hydrogen) atoms. The molecule has 0 aliphatic rings. The fourth-order valence-electron chi connectivity index (χ4n) is 1.10. The first kappa shape index (κ1) is 14.8. The molecule has 0 atom stereocenters. The maximum absolute atomic E-state index is 5.53. The van der Waals surface area contributed by atoms with E-state index >= 15 is 0 Å². The van der Waals surface area contributed by atoms with Gasteiger partial charge in [-0.2, -0.15) is 0 Å². The van der Waals surface area contributed by atoms with Crippen LogP contribution in [0.2, 0.25) is 0 Å². The van der Waals surface area contributed by atoms with Crippen molar-refractivity contribution in [3.05, 3.63) is 35.4 Å². The molecule has 1 rings (SSSR count). The minimum atomic E-state index is 0. The number of aryl methyl sites for hydroxylation is 1. The number of rotatable bonds is 2. The van der Waals surface area contributed by atoms with Gasteiger partial charge in [0.25, 0.3) is 0 Å². The normalized spacial score (nSPS) is 8.17. The molecule has 0 saturated carbocycles. The molecular weight excluding hydrogens is 156 g/mol. The SMILES string of the molecule is CCc1ccccc1CN.[AlH3].[LiH]. The third kappa shape index (κ3) is 3.81. The summed E-state index contributed by atoms with van der Waals surface area (Å²) in [7, 11) is 0. The number of hydrogen-bond acceptors (Lipinski definition) is 1. The van der Waals surface area contributed by atoms with Gasteiger partial charge in [-0.3, -0.25) is 0 Å². The van der Waals surface area contributed by atoms with E-state index in [1.807, 2.05) is 6.07 Å². The summed E-state index contributed by atoms with van der Waals surface area (Å²) in [5.41, 5.74) is 8.16. The van der Waals surface area contributed by atoms with Crippen molar-refractivity contribution in [3.63, 3.8) is 0 Å². The van der Waals surface area contributed by atoms with Gasteiger partial charge in [0.05, 0.1) is 0 Å². The van der Waals surface area contributed by atoms with Crippen LogP contribution in [-0.2, 0) is 13.0 Å². The standard InChI is InChI=1S/C9H13N.Al.Li.4H/c1-2-8-5-3-4-6-9(8)7-10;;;;;;/h3-6H,2,7,10H2,1H3;;;;;;. The zero-order chi connectivity index (χ0) is 7.40. The van der Waals surface area contributed by atoms with Gasteiger partial charge in [-0.05, 0) is 17.5 Å². The average molecular weight is 173 g/mol. The summed E-state index contributed by atoms with van der Waals surface area (Å²) in [5, 5.41) is 0. The molecule has 62 valence electrons. The molecule has 3 heteroatoms. The van der Waals surface area contributed by atoms with E-state index in [1.54, 1.807) is 0 Å². The van der Waals surface area contributed by atoms with E-state index in [-0.39, 0.29) is 36.2 Å². The molecule has 0 aliphatic heterocycles. The summed E-state index contributed by atoms with van der Waals surface area (Å²) < 4.78 is 0. The molecule has 0 bridgehead atoms. The van der Waals surface area contributed by atoms with Gasteiger partial charge in [0.2, 0.25) is 0 Å². The van der Waals surface area contributed by atoms with Crippen LogP contribution in [0.15, 0.2) is 24.3 Å². The maximum atomic E-state index is 5.53. The molecule has 0 aliphatic carbocycles. The number of hydrogen-bond donors (Lipinski definition) is 1. The second-order valence-electron chi connectivity index (χ2n) is 2.33. The van der Waals surface area contributed by atoms with Crippen LogP contribution in [-0.4, -0.2) is 36.2 Å². The minimum absolute atomic E-state index is 0. The van der Waals surface area contributed by atoms with Crippen LogP contribution < -0.4 is 5.73 Å². The van der Waals surface area contributed by atoms with Crippen LogP contribution in [0.25, 0.3) is 0 Å². The van der Waals surface area contributed by atoms with Gasteiger partial charge in [-0.15, -0.1) is 0 Å². The van der Waals surface area contributed by atoms with Crippen LogP contribution in [0, 0.1) is 0 Å². The second-order valence-corrected chi connectivity index (χ2v) is 2.33. The Kier molecular flexibility index (Phi) is 9.79. The van der Waals surface area contributed by atoms with Gasteiger partial charge >= 0.3 is 18.9 Å². The molecule has 0 heterocycles. The molecule has 0 radical (unpaired) electrons. The Bertz CT molecular complexity index is 192. The van der Waals surface area contributed by atoms with E-state index in [9.17, 15) is 0 Å². The quantitative estimate of drug-likeness (QED) is 0.620. The fourth-order valence-corrected chi connectivity index (χ4v) is 1.10. The van der Waals surface area contributed by atoms with Crippen molar-refractivity contribution in [1.29, 1.82) is 0 Å². The molecule has 0 unspecified atom stereocenters. The molecule has 0 amide bonds. The predicted octanol–water partition coefficient (Wildman–Crippen LogP) is -0.125. The first-order valence-electron chi connectivity index (χ1n) is 3.65. The van der Waals surface area contributed by atoms with Gasteiger partial charge < -0.3 is 5.73 Å². The second kappa shape index (κ2) is 7.93. The summed E-state index contributed by atoms with van der Waals surface area (Å²) in [6.45, 7) is 2.80. The van der Waals surface area contributed by atoms with E-state index in [4.69, 9.17) is 5.73 Å². The Hall–Kier alpha value is 0.310. The topological polar surface area (TPSA) is 26.0 Å². The zero-order valence-corrected chi connectivity index (χ0v) is 6.30. The van der Waals surface area contributed by atoms with Crippen molar-refractivity contribution in [1.82, 2.24) is 0 Å². The summed E-state index contributed by atoms with van der Waals surface area (Å²) >= 11 is 0. The number of benzene rings is 1. The molecule has 0 spiro atoms. The van der Waals surface area contributed by atoms with Gasteiger partial charge in [0.15, 0.2) is 17.4 Å². The molecule has 1 nitrogen and oxygen atoms in total.